The number of anilines is 1. The molecular weight excluding hydrogens is 306 g/mol. The molecule has 0 spiro atoms. The summed E-state index contributed by atoms with van der Waals surface area (Å²) in [7, 11) is 0. The number of benzene rings is 1. The summed E-state index contributed by atoms with van der Waals surface area (Å²) in [6.07, 6.45) is 4.41. The van der Waals surface area contributed by atoms with Crippen LogP contribution in [0.5, 0.6) is 5.75 Å². The number of aryl methyl sites for hydroxylation is 1. The Bertz CT molecular complexity index is 546. The van der Waals surface area contributed by atoms with Crippen LogP contribution in [0.15, 0.2) is 18.2 Å². The van der Waals surface area contributed by atoms with E-state index in [0.717, 1.165) is 19.3 Å². The lowest BCUT2D eigenvalue weighted by atomic mass is 9.85. The van der Waals surface area contributed by atoms with E-state index in [1.54, 1.807) is 6.92 Å². The van der Waals surface area contributed by atoms with Crippen LogP contribution >= 0.6 is 0 Å². The first-order valence-electron chi connectivity index (χ1n) is 7.71. The van der Waals surface area contributed by atoms with Crippen molar-refractivity contribution < 1.29 is 23.4 Å². The van der Waals surface area contributed by atoms with Crippen LogP contribution in [-0.2, 0) is 0 Å². The van der Waals surface area contributed by atoms with Gasteiger partial charge in [-0.25, -0.2) is 4.79 Å². The van der Waals surface area contributed by atoms with E-state index in [4.69, 9.17) is 0 Å². The number of ether oxygens (including phenoxy) is 1. The zero-order valence-electron chi connectivity index (χ0n) is 13.1. The van der Waals surface area contributed by atoms with Gasteiger partial charge in [-0.3, -0.25) is 0 Å². The molecule has 7 heteroatoms. The number of hydrogen-bond donors (Lipinski definition) is 3. The van der Waals surface area contributed by atoms with Crippen molar-refractivity contribution >= 4 is 11.7 Å². The fourth-order valence-corrected chi connectivity index (χ4v) is 2.75. The number of halogens is 2. The Morgan fingerprint density at radius 3 is 2.65 bits per heavy atom. The molecule has 0 bridgehead atoms. The highest BCUT2D eigenvalue weighted by Gasteiger charge is 2.29. The highest BCUT2D eigenvalue weighted by Crippen LogP contribution is 2.27. The molecule has 128 valence electrons. The highest BCUT2D eigenvalue weighted by atomic mass is 19.3. The molecule has 1 aliphatic rings. The highest BCUT2D eigenvalue weighted by molar-refractivity contribution is 5.90. The molecule has 1 aliphatic carbocycles. The summed E-state index contributed by atoms with van der Waals surface area (Å²) in [6, 6.07) is 3.86. The van der Waals surface area contributed by atoms with Gasteiger partial charge in [0.2, 0.25) is 0 Å². The summed E-state index contributed by atoms with van der Waals surface area (Å²) in [6.45, 7) is -1.000. The van der Waals surface area contributed by atoms with Gasteiger partial charge < -0.3 is 20.5 Å². The fourth-order valence-electron chi connectivity index (χ4n) is 2.75. The number of nitrogens with one attached hydrogen (secondary N) is 2. The monoisotopic (exact) mass is 328 g/mol. The second-order valence-electron chi connectivity index (χ2n) is 5.95. The van der Waals surface area contributed by atoms with E-state index >= 15 is 0 Å². The summed E-state index contributed by atoms with van der Waals surface area (Å²) in [4.78, 5) is 11.9. The minimum absolute atomic E-state index is 0.0416. The van der Waals surface area contributed by atoms with Gasteiger partial charge in [0.1, 0.15) is 5.75 Å². The van der Waals surface area contributed by atoms with Crippen molar-refractivity contribution in [1.82, 2.24) is 5.32 Å². The third-order valence-electron chi connectivity index (χ3n) is 4.03. The van der Waals surface area contributed by atoms with Crippen LogP contribution in [0.25, 0.3) is 0 Å². The smallest absolute Gasteiger partial charge is 0.387 e. The third kappa shape index (κ3) is 5.35. The van der Waals surface area contributed by atoms with Crippen molar-refractivity contribution in [2.75, 3.05) is 11.9 Å². The van der Waals surface area contributed by atoms with Gasteiger partial charge >= 0.3 is 12.6 Å². The molecule has 1 aromatic carbocycles. The van der Waals surface area contributed by atoms with E-state index in [-0.39, 0.29) is 12.3 Å². The van der Waals surface area contributed by atoms with E-state index < -0.39 is 18.2 Å². The van der Waals surface area contributed by atoms with Crippen LogP contribution in [0.4, 0.5) is 19.3 Å². The lowest BCUT2D eigenvalue weighted by Crippen LogP contribution is -2.45. The number of aliphatic hydroxyl groups is 1. The first kappa shape index (κ1) is 17.5. The van der Waals surface area contributed by atoms with Crippen LogP contribution in [-0.4, -0.2) is 29.9 Å². The minimum Gasteiger partial charge on any atom is -0.435 e. The first-order chi connectivity index (χ1) is 10.9. The average molecular weight is 328 g/mol. The van der Waals surface area contributed by atoms with E-state index in [9.17, 15) is 18.7 Å². The maximum Gasteiger partial charge on any atom is 0.387 e. The summed E-state index contributed by atoms with van der Waals surface area (Å²) in [5, 5.41) is 15.6. The Morgan fingerprint density at radius 1 is 1.35 bits per heavy atom. The second kappa shape index (κ2) is 7.59. The van der Waals surface area contributed by atoms with Crippen LogP contribution in [0.2, 0.25) is 0 Å². The summed E-state index contributed by atoms with van der Waals surface area (Å²) in [5.41, 5.74) is 0.272. The Hall–Kier alpha value is -1.89. The van der Waals surface area contributed by atoms with Gasteiger partial charge in [-0.1, -0.05) is 19.3 Å². The molecule has 5 nitrogen and oxygen atoms in total. The van der Waals surface area contributed by atoms with E-state index in [0.29, 0.717) is 24.1 Å². The van der Waals surface area contributed by atoms with Crippen LogP contribution in [0.1, 0.15) is 37.7 Å². The predicted octanol–water partition coefficient (Wildman–Crippen LogP) is 3.41. The molecule has 1 fully saturated rings. The molecule has 0 saturated heterocycles. The molecule has 0 aliphatic heterocycles. The number of carbonyl (C=O) groups excluding carboxylic acids is 1. The Morgan fingerprint density at radius 2 is 2.04 bits per heavy atom. The molecule has 2 rings (SSSR count). The molecule has 1 aromatic rings. The Balaban J connectivity index is 1.87. The maximum atomic E-state index is 12.2. The molecule has 0 atom stereocenters. The van der Waals surface area contributed by atoms with Crippen LogP contribution in [0, 0.1) is 6.92 Å². The number of carbonyl (C=O) groups is 1. The van der Waals surface area contributed by atoms with E-state index in [1.807, 2.05) is 0 Å². The molecule has 23 heavy (non-hydrogen) atoms. The quantitative estimate of drug-likeness (QED) is 0.776. The SMILES string of the molecule is Cc1cc(OC(F)F)ccc1NC(=O)NCC1(O)CCCCC1. The van der Waals surface area contributed by atoms with Crippen LogP contribution < -0.4 is 15.4 Å². The van der Waals surface area contributed by atoms with E-state index in [2.05, 4.69) is 15.4 Å². The fraction of sp³-hybridized carbons (Fsp3) is 0.562. The Labute approximate surface area is 134 Å². The molecule has 0 heterocycles. The number of alkyl halides is 2. The summed E-state index contributed by atoms with van der Waals surface area (Å²) < 4.78 is 28.6. The lowest BCUT2D eigenvalue weighted by molar-refractivity contribution is -0.0498. The number of hydrogen-bond acceptors (Lipinski definition) is 3. The molecule has 0 unspecified atom stereocenters. The maximum absolute atomic E-state index is 12.2. The van der Waals surface area contributed by atoms with E-state index in [1.165, 1.54) is 18.2 Å². The topological polar surface area (TPSA) is 70.6 Å². The normalized spacial score (nSPS) is 16.9. The molecule has 0 aromatic heterocycles. The van der Waals surface area contributed by atoms with Gasteiger partial charge in [0, 0.05) is 12.2 Å². The van der Waals surface area contributed by atoms with Gasteiger partial charge in [0.25, 0.3) is 0 Å². The second-order valence-corrected chi connectivity index (χ2v) is 5.95. The zero-order chi connectivity index (χ0) is 16.9. The van der Waals surface area contributed by atoms with Crippen molar-refractivity contribution in [3.05, 3.63) is 23.8 Å². The first-order valence-corrected chi connectivity index (χ1v) is 7.71. The number of amides is 2. The molecular formula is C16H22F2N2O3. The lowest BCUT2D eigenvalue weighted by Gasteiger charge is -2.32. The largest absolute Gasteiger partial charge is 0.435 e. The van der Waals surface area contributed by atoms with Crippen molar-refractivity contribution in [3.63, 3.8) is 0 Å². The standard InChI is InChI=1S/C16H22F2N2O3/c1-11-9-12(23-14(17)18)5-6-13(11)20-15(21)19-10-16(22)7-3-2-4-8-16/h5-6,9,14,22H,2-4,7-8,10H2,1H3,(H2,19,20,21). The molecule has 2 amide bonds. The third-order valence-corrected chi connectivity index (χ3v) is 4.03. The van der Waals surface area contributed by atoms with Crippen molar-refractivity contribution in [3.8, 4) is 5.75 Å². The number of rotatable bonds is 5. The molecule has 0 radical (unpaired) electrons. The predicted molar refractivity (Wildman–Crippen MR) is 82.9 cm³/mol. The van der Waals surface area contributed by atoms with Gasteiger partial charge in [0.15, 0.2) is 0 Å². The minimum atomic E-state index is -2.88. The Kier molecular flexibility index (Phi) is 5.76. The van der Waals surface area contributed by atoms with Crippen molar-refractivity contribution in [1.29, 1.82) is 0 Å². The molecule has 1 saturated carbocycles. The van der Waals surface area contributed by atoms with Gasteiger partial charge in [-0.05, 0) is 43.5 Å². The zero-order valence-corrected chi connectivity index (χ0v) is 13.1. The van der Waals surface area contributed by atoms with Gasteiger partial charge in [0.05, 0.1) is 5.60 Å². The van der Waals surface area contributed by atoms with Crippen molar-refractivity contribution in [2.24, 2.45) is 0 Å². The summed E-state index contributed by atoms with van der Waals surface area (Å²) >= 11 is 0. The van der Waals surface area contributed by atoms with Gasteiger partial charge in [-0.15, -0.1) is 0 Å². The van der Waals surface area contributed by atoms with Crippen LogP contribution in [0.3, 0.4) is 0 Å². The summed E-state index contributed by atoms with van der Waals surface area (Å²) in [5.74, 6) is 0.0416. The molecule has 3 N–H and O–H groups in total. The number of urea groups is 1. The van der Waals surface area contributed by atoms with Crippen molar-refractivity contribution in [2.45, 2.75) is 51.2 Å². The average Bonchev–Trinajstić information content (AvgIpc) is 2.48. The van der Waals surface area contributed by atoms with Gasteiger partial charge in [-0.2, -0.15) is 8.78 Å².